The molecule has 2 aliphatic rings. The van der Waals surface area contributed by atoms with Gasteiger partial charge >= 0.3 is 0 Å². The molecular formula is C28H31N3O2S. The van der Waals surface area contributed by atoms with Crippen LogP contribution >= 0.6 is 0 Å². The first-order valence-electron chi connectivity index (χ1n) is 12.1. The maximum atomic E-state index is 13.9. The van der Waals surface area contributed by atoms with Crippen LogP contribution in [0.15, 0.2) is 94.9 Å². The van der Waals surface area contributed by atoms with Crippen LogP contribution in [0.25, 0.3) is 0 Å². The Labute approximate surface area is 202 Å². The van der Waals surface area contributed by atoms with Crippen LogP contribution in [0.2, 0.25) is 0 Å². The summed E-state index contributed by atoms with van der Waals surface area (Å²) in [5, 5.41) is 8.67. The molecule has 0 amide bonds. The van der Waals surface area contributed by atoms with Gasteiger partial charge in [-0.3, -0.25) is 0 Å². The van der Waals surface area contributed by atoms with Crippen molar-refractivity contribution in [2.45, 2.75) is 62.0 Å². The zero-order valence-electron chi connectivity index (χ0n) is 19.5. The van der Waals surface area contributed by atoms with E-state index in [2.05, 4.69) is 5.32 Å². The van der Waals surface area contributed by atoms with Crippen LogP contribution in [-0.4, -0.2) is 30.6 Å². The van der Waals surface area contributed by atoms with Crippen LogP contribution in [0.1, 0.15) is 54.8 Å². The average Bonchev–Trinajstić information content (AvgIpc) is 3.26. The maximum Gasteiger partial charge on any atom is 0.279 e. The minimum atomic E-state index is -3.86. The molecule has 5 nitrogen and oxygen atoms in total. The minimum Gasteiger partial charge on any atom is -0.304 e. The molecule has 1 fully saturated rings. The Morgan fingerprint density at radius 1 is 0.824 bits per heavy atom. The van der Waals surface area contributed by atoms with Crippen molar-refractivity contribution in [3.05, 3.63) is 102 Å². The first-order chi connectivity index (χ1) is 16.5. The van der Waals surface area contributed by atoms with Crippen molar-refractivity contribution in [2.75, 3.05) is 0 Å². The zero-order valence-corrected chi connectivity index (χ0v) is 20.3. The fourth-order valence-corrected chi connectivity index (χ4v) is 6.47. The van der Waals surface area contributed by atoms with E-state index >= 15 is 0 Å². The van der Waals surface area contributed by atoms with Gasteiger partial charge in [0.15, 0.2) is 0 Å². The Hall–Kier alpha value is -2.96. The number of nitrogens with one attached hydrogen (secondary N) is 1. The number of nitrogens with zero attached hydrogens (tertiary/aromatic N) is 2. The fraction of sp³-hybridized carbons (Fsp3) is 0.321. The Morgan fingerprint density at radius 3 is 2.09 bits per heavy atom. The Bertz CT molecular complexity index is 1240. The number of aryl methyl sites for hydroxylation is 1. The second kappa shape index (κ2) is 9.72. The van der Waals surface area contributed by atoms with Crippen LogP contribution in [0.3, 0.4) is 0 Å². The van der Waals surface area contributed by atoms with Gasteiger partial charge in [-0.1, -0.05) is 97.6 Å². The van der Waals surface area contributed by atoms with Crippen LogP contribution in [0.4, 0.5) is 0 Å². The monoisotopic (exact) mass is 473 g/mol. The third-order valence-electron chi connectivity index (χ3n) is 6.85. The third kappa shape index (κ3) is 4.52. The van der Waals surface area contributed by atoms with E-state index in [4.69, 9.17) is 5.10 Å². The molecule has 0 radical (unpaired) electrons. The van der Waals surface area contributed by atoms with Crippen molar-refractivity contribution in [1.82, 2.24) is 9.73 Å². The van der Waals surface area contributed by atoms with E-state index in [-0.39, 0.29) is 10.9 Å². The number of hydrazone groups is 1. The van der Waals surface area contributed by atoms with E-state index in [1.54, 1.807) is 12.1 Å². The van der Waals surface area contributed by atoms with Crippen molar-refractivity contribution >= 4 is 15.7 Å². The quantitative estimate of drug-likeness (QED) is 0.519. The molecule has 0 unspecified atom stereocenters. The van der Waals surface area contributed by atoms with Gasteiger partial charge in [0.1, 0.15) is 6.04 Å². The topological polar surface area (TPSA) is 61.8 Å². The molecule has 2 atom stereocenters. The van der Waals surface area contributed by atoms with E-state index in [9.17, 15) is 8.42 Å². The van der Waals surface area contributed by atoms with Crippen LogP contribution < -0.4 is 5.32 Å². The highest BCUT2D eigenvalue weighted by Crippen LogP contribution is 2.38. The van der Waals surface area contributed by atoms with Gasteiger partial charge in [0, 0.05) is 6.04 Å². The summed E-state index contributed by atoms with van der Waals surface area (Å²) in [6, 6.07) is 26.5. The van der Waals surface area contributed by atoms with Gasteiger partial charge < -0.3 is 5.32 Å². The molecule has 1 N–H and O–H groups in total. The zero-order chi connectivity index (χ0) is 23.5. The lowest BCUT2D eigenvalue weighted by atomic mass is 9.90. The fourth-order valence-electron chi connectivity index (χ4n) is 5.04. The lowest BCUT2D eigenvalue weighted by Crippen LogP contribution is -2.48. The number of sulfonamides is 1. The van der Waals surface area contributed by atoms with E-state index in [0.717, 1.165) is 35.2 Å². The molecule has 0 bridgehead atoms. The van der Waals surface area contributed by atoms with E-state index in [0.29, 0.717) is 6.04 Å². The van der Waals surface area contributed by atoms with E-state index in [1.807, 2.05) is 79.7 Å². The summed E-state index contributed by atoms with van der Waals surface area (Å²) in [6.07, 6.45) is 5.86. The Balaban J connectivity index is 1.63. The van der Waals surface area contributed by atoms with Crippen LogP contribution in [-0.2, 0) is 10.0 Å². The van der Waals surface area contributed by atoms with Gasteiger partial charge in [-0.15, -0.1) is 0 Å². The molecule has 1 aliphatic heterocycles. The third-order valence-corrected chi connectivity index (χ3v) is 8.52. The van der Waals surface area contributed by atoms with Crippen molar-refractivity contribution < 1.29 is 8.42 Å². The molecule has 1 heterocycles. The predicted octanol–water partition coefficient (Wildman–Crippen LogP) is 5.44. The van der Waals surface area contributed by atoms with E-state index < -0.39 is 16.1 Å². The van der Waals surface area contributed by atoms with Crippen molar-refractivity contribution in [3.63, 3.8) is 0 Å². The second-order valence-corrected chi connectivity index (χ2v) is 11.1. The maximum absolute atomic E-state index is 13.9. The first kappa shape index (κ1) is 22.8. The van der Waals surface area contributed by atoms with Crippen LogP contribution in [0.5, 0.6) is 0 Å². The molecule has 0 saturated heterocycles. The predicted molar refractivity (Wildman–Crippen MR) is 136 cm³/mol. The summed E-state index contributed by atoms with van der Waals surface area (Å²) >= 11 is 0. The SMILES string of the molecule is Cc1ccc(S(=O)(=O)N2N=C(c3ccccc3)[C@H](NC3CCCCC3)[C@H]2c2ccccc2)cc1. The van der Waals surface area contributed by atoms with Crippen molar-refractivity contribution in [3.8, 4) is 0 Å². The number of benzene rings is 3. The highest BCUT2D eigenvalue weighted by Gasteiger charge is 2.45. The lowest BCUT2D eigenvalue weighted by Gasteiger charge is -2.32. The number of hydrogen-bond donors (Lipinski definition) is 1. The summed E-state index contributed by atoms with van der Waals surface area (Å²) in [6.45, 7) is 1.95. The van der Waals surface area contributed by atoms with E-state index in [1.165, 1.54) is 23.7 Å². The average molecular weight is 474 g/mol. The van der Waals surface area contributed by atoms with Crippen LogP contribution in [0, 0.1) is 6.92 Å². The second-order valence-electron chi connectivity index (χ2n) is 9.28. The summed E-state index contributed by atoms with van der Waals surface area (Å²) in [7, 11) is -3.86. The molecule has 1 saturated carbocycles. The molecule has 5 rings (SSSR count). The minimum absolute atomic E-state index is 0.242. The molecule has 3 aromatic rings. The van der Waals surface area contributed by atoms with Gasteiger partial charge in [0.05, 0.1) is 16.6 Å². The van der Waals surface area contributed by atoms with Crippen molar-refractivity contribution in [2.24, 2.45) is 5.10 Å². The number of hydrogen-bond acceptors (Lipinski definition) is 4. The molecule has 3 aromatic carbocycles. The van der Waals surface area contributed by atoms with Gasteiger partial charge in [-0.05, 0) is 43.0 Å². The summed E-state index contributed by atoms with van der Waals surface area (Å²) < 4.78 is 29.2. The highest BCUT2D eigenvalue weighted by atomic mass is 32.2. The Morgan fingerprint density at radius 2 is 1.44 bits per heavy atom. The first-order valence-corrected chi connectivity index (χ1v) is 13.5. The smallest absolute Gasteiger partial charge is 0.279 e. The largest absolute Gasteiger partial charge is 0.304 e. The van der Waals surface area contributed by atoms with Gasteiger partial charge in [-0.2, -0.15) is 17.9 Å². The molecule has 176 valence electrons. The summed E-state index contributed by atoms with van der Waals surface area (Å²) in [5.41, 5.74) is 3.67. The highest BCUT2D eigenvalue weighted by molar-refractivity contribution is 7.89. The number of rotatable bonds is 6. The van der Waals surface area contributed by atoms with Gasteiger partial charge in [-0.25, -0.2) is 0 Å². The molecular weight excluding hydrogens is 442 g/mol. The van der Waals surface area contributed by atoms with Crippen molar-refractivity contribution in [1.29, 1.82) is 0 Å². The van der Waals surface area contributed by atoms with Gasteiger partial charge in [0.25, 0.3) is 10.0 Å². The molecule has 1 aliphatic carbocycles. The molecule has 0 aromatic heterocycles. The van der Waals surface area contributed by atoms with Gasteiger partial charge in [0.2, 0.25) is 0 Å². The molecule has 6 heteroatoms. The molecule has 0 spiro atoms. The Kier molecular flexibility index (Phi) is 6.53. The molecule has 34 heavy (non-hydrogen) atoms. The standard InChI is InChI=1S/C28H31N3O2S/c1-21-17-19-25(20-18-21)34(32,33)31-28(23-13-7-3-8-14-23)27(29-24-15-9-4-10-16-24)26(30-31)22-11-5-2-6-12-22/h2-3,5-8,11-14,17-20,24,27-29H,4,9-10,15-16H2,1H3/t27-,28+/m0/s1. The normalized spacial score (nSPS) is 21.4. The summed E-state index contributed by atoms with van der Waals surface area (Å²) in [5.74, 6) is 0. The summed E-state index contributed by atoms with van der Waals surface area (Å²) in [4.78, 5) is 0.258. The lowest BCUT2D eigenvalue weighted by molar-refractivity contribution is 0.291.